The molecule has 0 aromatic heterocycles. The normalized spacial score (nSPS) is 48.4. The van der Waals surface area contributed by atoms with Gasteiger partial charge in [0.05, 0.1) is 37.0 Å². The first-order chi connectivity index (χ1) is 21.8. The van der Waals surface area contributed by atoms with Gasteiger partial charge in [0.2, 0.25) is 0 Å². The molecule has 0 unspecified atom stereocenters. The summed E-state index contributed by atoms with van der Waals surface area (Å²) in [7, 11) is 0. The van der Waals surface area contributed by atoms with Crippen molar-refractivity contribution in [2.45, 2.75) is 130 Å². The molecule has 1 aliphatic carbocycles. The molecule has 4 aliphatic rings. The number of hydrogen-bond acceptors (Lipinski definition) is 19. The fourth-order valence-corrected chi connectivity index (χ4v) is 6.51. The Morgan fingerprint density at radius 3 is 1.96 bits per heavy atom. The second-order valence-electron chi connectivity index (χ2n) is 12.5. The Kier molecular flexibility index (Phi) is 13.6. The number of ketones is 1. The molecule has 268 valence electrons. The van der Waals surface area contributed by atoms with E-state index in [-0.39, 0.29) is 51.1 Å². The van der Waals surface area contributed by atoms with Crippen LogP contribution in [-0.4, -0.2) is 167 Å². The lowest BCUT2D eigenvalue weighted by atomic mass is 9.77. The Morgan fingerprint density at radius 1 is 0.696 bits per heavy atom. The van der Waals surface area contributed by atoms with E-state index in [1.807, 2.05) is 0 Å². The van der Waals surface area contributed by atoms with Crippen molar-refractivity contribution in [2.75, 3.05) is 26.2 Å². The average molecular weight is 669 g/mol. The molecule has 18 N–H and O–H groups in total. The molecular weight excluding hydrogens is 616 g/mol. The van der Waals surface area contributed by atoms with Crippen molar-refractivity contribution >= 4 is 5.78 Å². The zero-order chi connectivity index (χ0) is 33.9. The second kappa shape index (κ2) is 16.6. The molecule has 4 rings (SSSR count). The van der Waals surface area contributed by atoms with Crippen LogP contribution in [0.3, 0.4) is 0 Å². The van der Waals surface area contributed by atoms with E-state index in [2.05, 4.69) is 0 Å². The Hall–Kier alpha value is -1.05. The summed E-state index contributed by atoms with van der Waals surface area (Å²) in [5.41, 5.74) is 35.6. The van der Waals surface area contributed by atoms with Gasteiger partial charge in [0.15, 0.2) is 18.9 Å². The highest BCUT2D eigenvalue weighted by Crippen LogP contribution is 2.37. The van der Waals surface area contributed by atoms with Crippen molar-refractivity contribution < 1.29 is 63.9 Å². The first kappa shape index (κ1) is 37.8. The molecule has 1 saturated carbocycles. The van der Waals surface area contributed by atoms with Gasteiger partial charge in [-0.25, -0.2) is 0 Å². The van der Waals surface area contributed by atoms with Gasteiger partial charge in [0.25, 0.3) is 0 Å². The molecule has 3 aliphatic heterocycles. The van der Waals surface area contributed by atoms with Crippen molar-refractivity contribution in [3.8, 4) is 0 Å². The van der Waals surface area contributed by atoms with Crippen LogP contribution in [0.2, 0.25) is 0 Å². The zero-order valence-electron chi connectivity index (χ0n) is 25.6. The molecule has 18 atom stereocenters. The maximum Gasteiger partial charge on any atom is 0.187 e. The van der Waals surface area contributed by atoms with Crippen LogP contribution in [0.5, 0.6) is 0 Å². The first-order valence-electron chi connectivity index (χ1n) is 15.7. The minimum Gasteiger partial charge on any atom is -0.394 e. The number of ether oxygens (including phenoxy) is 6. The molecule has 0 bridgehead atoms. The monoisotopic (exact) mass is 668 g/mol. The number of carbonyl (C=O) groups excluding carboxylic acids is 1. The fraction of sp³-hybridized carbons (Fsp3) is 0.963. The maximum atomic E-state index is 12.5. The number of rotatable bonds is 13. The number of Topliss-reactive ketones (excluding diaryl/α,β-unsaturated/α-hetero) is 1. The number of carbonyl (C=O) groups is 1. The second-order valence-corrected chi connectivity index (χ2v) is 12.5. The fourth-order valence-electron chi connectivity index (χ4n) is 6.51. The lowest BCUT2D eigenvalue weighted by Gasteiger charge is -2.47. The third-order valence-corrected chi connectivity index (χ3v) is 9.23. The van der Waals surface area contributed by atoms with Crippen molar-refractivity contribution in [3.05, 3.63) is 0 Å². The summed E-state index contributed by atoms with van der Waals surface area (Å²) in [6.07, 6.45) is -17.2. The van der Waals surface area contributed by atoms with E-state index >= 15 is 0 Å². The van der Waals surface area contributed by atoms with E-state index in [1.165, 1.54) is 0 Å². The largest absolute Gasteiger partial charge is 0.394 e. The van der Waals surface area contributed by atoms with Gasteiger partial charge >= 0.3 is 0 Å². The van der Waals surface area contributed by atoms with Crippen LogP contribution in [0.15, 0.2) is 0 Å². The molecule has 0 aromatic rings. The predicted molar refractivity (Wildman–Crippen MR) is 156 cm³/mol. The maximum absolute atomic E-state index is 12.5. The molecule has 3 saturated heterocycles. The van der Waals surface area contributed by atoms with Crippen LogP contribution in [0.1, 0.15) is 25.7 Å². The van der Waals surface area contributed by atoms with Gasteiger partial charge in [0.1, 0.15) is 54.6 Å². The third kappa shape index (κ3) is 8.21. The van der Waals surface area contributed by atoms with Gasteiger partial charge in [-0.15, -0.1) is 0 Å². The minimum atomic E-state index is -1.62. The first-order valence-corrected chi connectivity index (χ1v) is 15.7. The Bertz CT molecular complexity index is 975. The van der Waals surface area contributed by atoms with Crippen molar-refractivity contribution in [1.82, 2.24) is 0 Å². The number of nitrogens with two attached hydrogens (primary N) is 6. The molecule has 3 heterocycles. The Labute approximate surface area is 266 Å². The lowest BCUT2D eigenvalue weighted by molar-refractivity contribution is -0.298. The Morgan fingerprint density at radius 2 is 1.33 bits per heavy atom. The highest BCUT2D eigenvalue weighted by atomic mass is 16.8. The van der Waals surface area contributed by atoms with E-state index in [1.54, 1.807) is 0 Å². The quantitative estimate of drug-likeness (QED) is 0.0866. The van der Waals surface area contributed by atoms with E-state index < -0.39 is 117 Å². The van der Waals surface area contributed by atoms with Gasteiger partial charge in [-0.2, -0.15) is 0 Å². The third-order valence-electron chi connectivity index (χ3n) is 9.23. The van der Waals surface area contributed by atoms with E-state index in [0.29, 0.717) is 0 Å². The number of hydrogen-bond donors (Lipinski definition) is 12. The molecule has 0 amide bonds. The van der Waals surface area contributed by atoms with Gasteiger partial charge < -0.3 is 93.5 Å². The summed E-state index contributed by atoms with van der Waals surface area (Å²) < 4.78 is 35.4. The molecule has 0 radical (unpaired) electrons. The van der Waals surface area contributed by atoms with Crippen molar-refractivity contribution in [2.24, 2.45) is 40.3 Å². The van der Waals surface area contributed by atoms with Crippen LogP contribution in [0.25, 0.3) is 0 Å². The van der Waals surface area contributed by atoms with Crippen molar-refractivity contribution in [3.63, 3.8) is 0 Å². The smallest absolute Gasteiger partial charge is 0.187 e. The van der Waals surface area contributed by atoms with E-state index in [4.69, 9.17) is 62.8 Å². The molecule has 4 fully saturated rings. The average Bonchev–Trinajstić information content (AvgIpc) is 3.32. The highest BCUT2D eigenvalue weighted by molar-refractivity contribution is 5.78. The number of aliphatic hydroxyl groups is 6. The van der Waals surface area contributed by atoms with Gasteiger partial charge in [-0.05, 0) is 18.9 Å². The van der Waals surface area contributed by atoms with Crippen LogP contribution < -0.4 is 34.4 Å². The minimum absolute atomic E-state index is 0.0570. The summed E-state index contributed by atoms with van der Waals surface area (Å²) in [6.45, 7) is -0.613. The predicted octanol–water partition coefficient (Wildman–Crippen LogP) is -7.27. The summed E-state index contributed by atoms with van der Waals surface area (Å²) in [5, 5.41) is 63.9. The molecule has 0 aromatic carbocycles. The SMILES string of the molecule is NCCC(=O)C[C@@H]1C[C@H](N)[C@@H](O[C@H]2O[C@H](CN)C[C@H](O)[C@H]2N)[C@H](O[C@@H]2O[C@H](CO)[C@@H](O[C@H]3O[C@@H](CN)[C@@H](O)[C@H](O)[C@H]3N)[C@H]2O)[C@H]1O. The molecule has 19 nitrogen and oxygen atoms in total. The Balaban J connectivity index is 1.55. The van der Waals surface area contributed by atoms with Crippen LogP contribution >= 0.6 is 0 Å². The summed E-state index contributed by atoms with van der Waals surface area (Å²) in [6, 6.07) is -3.09. The molecule has 19 heteroatoms. The topological polar surface area (TPSA) is 350 Å². The molecular formula is C27H52N6O13. The number of aliphatic hydroxyl groups excluding tert-OH is 6. The van der Waals surface area contributed by atoms with E-state index in [0.717, 1.165) is 0 Å². The molecule has 0 spiro atoms. The van der Waals surface area contributed by atoms with Crippen LogP contribution in [0.4, 0.5) is 0 Å². The highest BCUT2D eigenvalue weighted by Gasteiger charge is 2.54. The summed E-state index contributed by atoms with van der Waals surface area (Å²) in [4.78, 5) is 12.5. The van der Waals surface area contributed by atoms with Gasteiger partial charge in [-0.1, -0.05) is 0 Å². The van der Waals surface area contributed by atoms with E-state index in [9.17, 15) is 35.4 Å². The van der Waals surface area contributed by atoms with Gasteiger partial charge in [-0.3, -0.25) is 4.79 Å². The van der Waals surface area contributed by atoms with Crippen molar-refractivity contribution in [1.29, 1.82) is 0 Å². The summed E-state index contributed by atoms with van der Waals surface area (Å²) in [5.74, 6) is -0.877. The van der Waals surface area contributed by atoms with Crippen LogP contribution in [0, 0.1) is 5.92 Å². The standard InChI is InChI=1S/C27H52N6O13/c28-2-1-10(35)3-9-4-12(31)22(44-25-16(32)13(36)5-11(6-29)41-25)24(18(9)37)46-27-21(40)23(15(8-34)43-27)45-26-17(33)20(39)19(38)14(7-30)42-26/h9,11-27,34,36-40H,1-8,28-33H2/t9-,11+,12+,13+,14+,15-,16-,17-,18+,19-,20-,21-,22-,23-,24-,25-,26-,27+/m1/s1. The van der Waals surface area contributed by atoms with Gasteiger partial charge in [0, 0.05) is 38.4 Å². The lowest BCUT2D eigenvalue weighted by Crippen LogP contribution is -2.64. The van der Waals surface area contributed by atoms with Crippen LogP contribution in [-0.2, 0) is 33.2 Å². The molecule has 46 heavy (non-hydrogen) atoms. The zero-order valence-corrected chi connectivity index (χ0v) is 25.6. The summed E-state index contributed by atoms with van der Waals surface area (Å²) >= 11 is 0.